The van der Waals surface area contributed by atoms with Gasteiger partial charge in [0.05, 0.1) is 0 Å². The summed E-state index contributed by atoms with van der Waals surface area (Å²) in [5.41, 5.74) is -0.118. The SMILES string of the molecule is FC(F)(F)c1cc(N2CCCCC2)nc(NC(=S)NCc2ccc3c(c2)OCCO3)n1. The molecule has 31 heavy (non-hydrogen) atoms. The molecule has 2 aromatic rings. The van der Waals surface area contributed by atoms with E-state index in [2.05, 4.69) is 20.6 Å². The molecule has 1 aromatic carbocycles. The zero-order chi connectivity index (χ0) is 21.8. The Morgan fingerprint density at radius 1 is 1.03 bits per heavy atom. The lowest BCUT2D eigenvalue weighted by Gasteiger charge is -2.28. The maximum absolute atomic E-state index is 13.4. The number of nitrogens with one attached hydrogen (secondary N) is 2. The number of rotatable bonds is 4. The van der Waals surface area contributed by atoms with E-state index in [0.29, 0.717) is 44.3 Å². The second kappa shape index (κ2) is 9.13. The van der Waals surface area contributed by atoms with Gasteiger partial charge in [-0.1, -0.05) is 6.07 Å². The number of hydrogen-bond acceptors (Lipinski definition) is 6. The first-order chi connectivity index (χ1) is 14.9. The molecule has 166 valence electrons. The largest absolute Gasteiger partial charge is 0.486 e. The molecule has 2 N–H and O–H groups in total. The smallest absolute Gasteiger partial charge is 0.433 e. The number of hydrogen-bond donors (Lipinski definition) is 2. The van der Waals surface area contributed by atoms with E-state index >= 15 is 0 Å². The highest BCUT2D eigenvalue weighted by Crippen LogP contribution is 2.32. The van der Waals surface area contributed by atoms with Gasteiger partial charge in [-0.25, -0.2) is 4.98 Å². The Kier molecular flexibility index (Phi) is 6.30. The number of alkyl halides is 3. The number of nitrogens with zero attached hydrogens (tertiary/aromatic N) is 3. The van der Waals surface area contributed by atoms with Crippen molar-refractivity contribution >= 4 is 29.1 Å². The molecule has 1 fully saturated rings. The first-order valence-electron chi connectivity index (χ1n) is 10.0. The van der Waals surface area contributed by atoms with Crippen molar-refractivity contribution in [3.8, 4) is 11.5 Å². The summed E-state index contributed by atoms with van der Waals surface area (Å²) in [6.45, 7) is 2.67. The van der Waals surface area contributed by atoms with Crippen molar-refractivity contribution in [2.45, 2.75) is 32.0 Å². The fraction of sp³-hybridized carbons (Fsp3) is 0.450. The van der Waals surface area contributed by atoms with Gasteiger partial charge < -0.3 is 25.0 Å². The van der Waals surface area contributed by atoms with Crippen LogP contribution < -0.4 is 25.0 Å². The van der Waals surface area contributed by atoms with Crippen LogP contribution in [0.5, 0.6) is 11.5 Å². The van der Waals surface area contributed by atoms with Crippen LogP contribution in [0.1, 0.15) is 30.5 Å². The standard InChI is InChI=1S/C20H22F3N5O2S/c21-20(22,23)16-11-17(28-6-2-1-3-7-28)26-18(25-16)27-19(31)24-12-13-4-5-14-15(10-13)30-9-8-29-14/h4-5,10-11H,1-3,6-9,12H2,(H2,24,25,26,27,31). The molecule has 1 saturated heterocycles. The summed E-state index contributed by atoms with van der Waals surface area (Å²) in [6, 6.07) is 6.49. The number of halogens is 3. The van der Waals surface area contributed by atoms with Crippen molar-refractivity contribution in [1.29, 1.82) is 0 Å². The Labute approximate surface area is 183 Å². The quantitative estimate of drug-likeness (QED) is 0.679. The second-order valence-corrected chi connectivity index (χ2v) is 7.67. The van der Waals surface area contributed by atoms with E-state index in [1.54, 1.807) is 0 Å². The van der Waals surface area contributed by atoms with Gasteiger partial charge in [0.25, 0.3) is 0 Å². The number of aromatic nitrogens is 2. The number of anilines is 2. The topological polar surface area (TPSA) is 71.5 Å². The lowest BCUT2D eigenvalue weighted by molar-refractivity contribution is -0.141. The van der Waals surface area contributed by atoms with Gasteiger partial charge in [-0.15, -0.1) is 0 Å². The summed E-state index contributed by atoms with van der Waals surface area (Å²) in [5.74, 6) is 1.39. The number of benzene rings is 1. The van der Waals surface area contributed by atoms with E-state index in [4.69, 9.17) is 21.7 Å². The summed E-state index contributed by atoms with van der Waals surface area (Å²) < 4.78 is 51.1. The van der Waals surface area contributed by atoms with E-state index in [1.807, 2.05) is 23.1 Å². The van der Waals surface area contributed by atoms with Gasteiger partial charge in [0.1, 0.15) is 19.0 Å². The molecule has 0 unspecified atom stereocenters. The highest BCUT2D eigenvalue weighted by Gasteiger charge is 2.34. The third kappa shape index (κ3) is 5.46. The molecule has 0 spiro atoms. The van der Waals surface area contributed by atoms with E-state index in [1.165, 1.54) is 0 Å². The summed E-state index contributed by atoms with van der Waals surface area (Å²) in [4.78, 5) is 9.72. The van der Waals surface area contributed by atoms with Crippen LogP contribution in [-0.4, -0.2) is 41.4 Å². The molecule has 7 nitrogen and oxygen atoms in total. The zero-order valence-electron chi connectivity index (χ0n) is 16.7. The summed E-state index contributed by atoms with van der Waals surface area (Å²) in [5, 5.41) is 5.77. The van der Waals surface area contributed by atoms with Gasteiger partial charge >= 0.3 is 6.18 Å². The molecule has 0 saturated carbocycles. The maximum Gasteiger partial charge on any atom is 0.433 e. The first kappa shape index (κ1) is 21.4. The summed E-state index contributed by atoms with van der Waals surface area (Å²) in [6.07, 6.45) is -1.68. The van der Waals surface area contributed by atoms with Gasteiger partial charge in [-0.2, -0.15) is 18.2 Å². The van der Waals surface area contributed by atoms with Crippen molar-refractivity contribution in [1.82, 2.24) is 15.3 Å². The normalized spacial score (nSPS) is 16.0. The molecule has 11 heteroatoms. The lowest BCUT2D eigenvalue weighted by Crippen LogP contribution is -2.32. The van der Waals surface area contributed by atoms with Gasteiger partial charge in [-0.05, 0) is 49.2 Å². The van der Waals surface area contributed by atoms with E-state index < -0.39 is 11.9 Å². The highest BCUT2D eigenvalue weighted by molar-refractivity contribution is 7.80. The minimum atomic E-state index is -4.58. The maximum atomic E-state index is 13.4. The van der Waals surface area contributed by atoms with Crippen molar-refractivity contribution < 1.29 is 22.6 Å². The van der Waals surface area contributed by atoms with Crippen LogP contribution in [0.2, 0.25) is 0 Å². The van der Waals surface area contributed by atoms with Crippen LogP contribution in [0.25, 0.3) is 0 Å². The molecular weight excluding hydrogens is 431 g/mol. The van der Waals surface area contributed by atoms with Gasteiger partial charge in [-0.3, -0.25) is 0 Å². The average Bonchev–Trinajstić information content (AvgIpc) is 2.77. The highest BCUT2D eigenvalue weighted by atomic mass is 32.1. The lowest BCUT2D eigenvalue weighted by atomic mass is 10.1. The van der Waals surface area contributed by atoms with Crippen LogP contribution in [0.15, 0.2) is 24.3 Å². The Balaban J connectivity index is 1.44. The van der Waals surface area contributed by atoms with Crippen molar-refractivity contribution in [3.05, 3.63) is 35.5 Å². The Bertz CT molecular complexity index is 951. The van der Waals surface area contributed by atoms with Crippen LogP contribution in [0.4, 0.5) is 24.9 Å². The predicted octanol–water partition coefficient (Wildman–Crippen LogP) is 3.74. The summed E-state index contributed by atoms with van der Waals surface area (Å²) in [7, 11) is 0. The van der Waals surface area contributed by atoms with Crippen molar-refractivity contribution in [2.24, 2.45) is 0 Å². The number of piperidine rings is 1. The molecule has 0 aliphatic carbocycles. The molecule has 0 atom stereocenters. The predicted molar refractivity (Wildman–Crippen MR) is 114 cm³/mol. The van der Waals surface area contributed by atoms with Crippen LogP contribution in [0, 0.1) is 0 Å². The number of thiocarbonyl (C=S) groups is 1. The molecule has 2 aliphatic rings. The summed E-state index contributed by atoms with van der Waals surface area (Å²) >= 11 is 5.24. The molecule has 2 aliphatic heterocycles. The third-order valence-electron chi connectivity index (χ3n) is 4.97. The van der Waals surface area contributed by atoms with Gasteiger partial charge in [0.2, 0.25) is 5.95 Å². The van der Waals surface area contributed by atoms with E-state index in [0.717, 1.165) is 30.9 Å². The monoisotopic (exact) mass is 453 g/mol. The van der Waals surface area contributed by atoms with E-state index in [-0.39, 0.29) is 16.9 Å². The third-order valence-corrected chi connectivity index (χ3v) is 5.21. The van der Waals surface area contributed by atoms with Crippen LogP contribution in [0.3, 0.4) is 0 Å². The Morgan fingerprint density at radius 3 is 2.52 bits per heavy atom. The Morgan fingerprint density at radius 2 is 1.77 bits per heavy atom. The van der Waals surface area contributed by atoms with Crippen LogP contribution in [-0.2, 0) is 12.7 Å². The second-order valence-electron chi connectivity index (χ2n) is 7.27. The first-order valence-corrected chi connectivity index (χ1v) is 10.4. The average molecular weight is 453 g/mol. The molecule has 4 rings (SSSR count). The minimum Gasteiger partial charge on any atom is -0.486 e. The molecule has 0 amide bonds. The van der Waals surface area contributed by atoms with E-state index in [9.17, 15) is 13.2 Å². The molecule has 0 radical (unpaired) electrons. The number of fused-ring (bicyclic) bond motifs is 1. The zero-order valence-corrected chi connectivity index (χ0v) is 17.5. The van der Waals surface area contributed by atoms with Crippen LogP contribution >= 0.6 is 12.2 Å². The molecule has 3 heterocycles. The fourth-order valence-electron chi connectivity index (χ4n) is 3.45. The Hall–Kier alpha value is -2.82. The van der Waals surface area contributed by atoms with Gasteiger partial charge in [0.15, 0.2) is 22.3 Å². The minimum absolute atomic E-state index is 0.124. The fourth-order valence-corrected chi connectivity index (χ4v) is 3.61. The number of ether oxygens (including phenoxy) is 2. The van der Waals surface area contributed by atoms with Gasteiger partial charge in [0, 0.05) is 25.7 Å². The molecular formula is C20H22F3N5O2S. The van der Waals surface area contributed by atoms with Crippen molar-refractivity contribution in [3.63, 3.8) is 0 Å². The molecule has 0 bridgehead atoms. The molecule has 1 aromatic heterocycles. The van der Waals surface area contributed by atoms with Crippen molar-refractivity contribution in [2.75, 3.05) is 36.5 Å².